The molecule has 1 aliphatic heterocycles. The number of benzene rings is 1. The number of nitrogens with zero attached hydrogens (tertiary/aromatic N) is 2. The zero-order valence-electron chi connectivity index (χ0n) is 18.8. The van der Waals surface area contributed by atoms with E-state index in [0.717, 1.165) is 18.9 Å². The lowest BCUT2D eigenvalue weighted by Gasteiger charge is -2.36. The van der Waals surface area contributed by atoms with Gasteiger partial charge in [-0.15, -0.1) is 0 Å². The molecule has 3 atom stereocenters. The molecule has 2 N–H and O–H groups in total. The SMILES string of the molecule is C[C@H]1[C@H](C)CCC[C@@H]1NC(=O)CN1CCN(CC(=O)Nc2ccccc2C(F)(F)F)CC1. The van der Waals surface area contributed by atoms with Gasteiger partial charge < -0.3 is 10.6 Å². The minimum atomic E-state index is -4.52. The predicted molar refractivity (Wildman–Crippen MR) is 117 cm³/mol. The van der Waals surface area contributed by atoms with E-state index in [1.54, 1.807) is 0 Å². The van der Waals surface area contributed by atoms with Crippen LogP contribution in [0.1, 0.15) is 38.7 Å². The van der Waals surface area contributed by atoms with Crippen molar-refractivity contribution in [3.63, 3.8) is 0 Å². The number of nitrogens with one attached hydrogen (secondary N) is 2. The normalized spacial score (nSPS) is 25.3. The Balaban J connectivity index is 1.41. The van der Waals surface area contributed by atoms with Crippen molar-refractivity contribution in [3.8, 4) is 0 Å². The van der Waals surface area contributed by atoms with E-state index < -0.39 is 17.6 Å². The molecule has 178 valence electrons. The van der Waals surface area contributed by atoms with Crippen molar-refractivity contribution in [2.75, 3.05) is 44.6 Å². The Kier molecular flexibility index (Phi) is 8.16. The number of hydrogen-bond acceptors (Lipinski definition) is 4. The van der Waals surface area contributed by atoms with E-state index in [9.17, 15) is 22.8 Å². The third kappa shape index (κ3) is 6.68. The zero-order chi connectivity index (χ0) is 23.3. The topological polar surface area (TPSA) is 64.7 Å². The summed E-state index contributed by atoms with van der Waals surface area (Å²) in [5, 5.41) is 5.57. The fourth-order valence-corrected chi connectivity index (χ4v) is 4.58. The number of anilines is 1. The van der Waals surface area contributed by atoms with Crippen molar-refractivity contribution in [3.05, 3.63) is 29.8 Å². The first-order chi connectivity index (χ1) is 15.1. The number of rotatable bonds is 6. The molecule has 1 saturated heterocycles. The highest BCUT2D eigenvalue weighted by atomic mass is 19.4. The summed E-state index contributed by atoms with van der Waals surface area (Å²) in [6, 6.07) is 5.20. The fourth-order valence-electron chi connectivity index (χ4n) is 4.58. The van der Waals surface area contributed by atoms with Crippen LogP contribution in [0.25, 0.3) is 0 Å². The average molecular weight is 455 g/mol. The Hall–Kier alpha value is -2.13. The van der Waals surface area contributed by atoms with Gasteiger partial charge in [-0.1, -0.05) is 38.8 Å². The lowest BCUT2D eigenvalue weighted by Crippen LogP contribution is -2.52. The van der Waals surface area contributed by atoms with Gasteiger partial charge in [0, 0.05) is 32.2 Å². The highest BCUT2D eigenvalue weighted by Gasteiger charge is 2.34. The van der Waals surface area contributed by atoms with Crippen LogP contribution in [0.5, 0.6) is 0 Å². The van der Waals surface area contributed by atoms with Crippen LogP contribution in [0, 0.1) is 11.8 Å². The Labute approximate surface area is 187 Å². The summed E-state index contributed by atoms with van der Waals surface area (Å²) in [5.41, 5.74) is -1.09. The summed E-state index contributed by atoms with van der Waals surface area (Å²) in [6.07, 6.45) is -1.14. The number of piperazine rings is 1. The smallest absolute Gasteiger partial charge is 0.352 e. The summed E-state index contributed by atoms with van der Waals surface area (Å²) < 4.78 is 39.3. The standard InChI is InChI=1S/C23H33F3N4O2/c1-16-6-5-9-19(17(16)2)27-21(31)14-29-10-12-30(13-11-29)15-22(32)28-20-8-4-3-7-18(20)23(24,25)26/h3-4,7-8,16-17,19H,5-6,9-15H2,1-2H3,(H,27,31)(H,28,32)/t16-,17+,19+/m1/s1. The maximum Gasteiger partial charge on any atom is 0.418 e. The van der Waals surface area contributed by atoms with E-state index in [4.69, 9.17) is 0 Å². The molecule has 0 spiro atoms. The first-order valence-electron chi connectivity index (χ1n) is 11.3. The molecule has 2 amide bonds. The Morgan fingerprint density at radius 2 is 1.56 bits per heavy atom. The van der Waals surface area contributed by atoms with Crippen LogP contribution in [0.3, 0.4) is 0 Å². The van der Waals surface area contributed by atoms with Crippen LogP contribution in [-0.2, 0) is 15.8 Å². The highest BCUT2D eigenvalue weighted by Crippen LogP contribution is 2.34. The molecule has 1 heterocycles. The predicted octanol–water partition coefficient (Wildman–Crippen LogP) is 3.20. The van der Waals surface area contributed by atoms with Crippen LogP contribution in [0.15, 0.2) is 24.3 Å². The minimum absolute atomic E-state index is 0.0176. The van der Waals surface area contributed by atoms with Crippen LogP contribution in [-0.4, -0.2) is 66.9 Å². The molecule has 0 radical (unpaired) electrons. The number of alkyl halides is 3. The number of hydrogen-bond donors (Lipinski definition) is 2. The van der Waals surface area contributed by atoms with Gasteiger partial charge in [0.15, 0.2) is 0 Å². The van der Waals surface area contributed by atoms with E-state index in [0.29, 0.717) is 44.6 Å². The third-order valence-corrected chi connectivity index (χ3v) is 6.76. The van der Waals surface area contributed by atoms with Gasteiger partial charge in [0.2, 0.25) is 11.8 Å². The molecule has 1 aliphatic carbocycles. The van der Waals surface area contributed by atoms with E-state index in [1.807, 2.05) is 4.90 Å². The molecule has 2 aliphatic rings. The molecule has 0 bridgehead atoms. The summed E-state index contributed by atoms with van der Waals surface area (Å²) in [4.78, 5) is 28.7. The van der Waals surface area contributed by atoms with E-state index >= 15 is 0 Å². The molecule has 0 unspecified atom stereocenters. The molecule has 9 heteroatoms. The summed E-state index contributed by atoms with van der Waals surface area (Å²) in [6.45, 7) is 7.22. The van der Waals surface area contributed by atoms with Crippen LogP contribution >= 0.6 is 0 Å². The van der Waals surface area contributed by atoms with E-state index in [2.05, 4.69) is 29.4 Å². The van der Waals surface area contributed by atoms with Crippen molar-refractivity contribution in [2.45, 2.75) is 45.3 Å². The molecule has 0 aromatic heterocycles. The van der Waals surface area contributed by atoms with Crippen LogP contribution in [0.2, 0.25) is 0 Å². The molecule has 32 heavy (non-hydrogen) atoms. The number of carbonyl (C=O) groups excluding carboxylic acids is 2. The molecule has 1 aromatic carbocycles. The number of carbonyl (C=O) groups is 2. The van der Waals surface area contributed by atoms with Gasteiger partial charge >= 0.3 is 6.18 Å². The van der Waals surface area contributed by atoms with Crippen molar-refractivity contribution in [2.24, 2.45) is 11.8 Å². The van der Waals surface area contributed by atoms with Crippen molar-refractivity contribution >= 4 is 17.5 Å². The van der Waals surface area contributed by atoms with Gasteiger partial charge in [-0.2, -0.15) is 13.2 Å². The Bertz CT molecular complexity index is 794. The summed E-state index contributed by atoms with van der Waals surface area (Å²) >= 11 is 0. The van der Waals surface area contributed by atoms with E-state index in [-0.39, 0.29) is 24.2 Å². The molecular formula is C23H33F3N4O2. The molecule has 6 nitrogen and oxygen atoms in total. The summed E-state index contributed by atoms with van der Waals surface area (Å²) in [7, 11) is 0. The zero-order valence-corrected chi connectivity index (χ0v) is 18.8. The monoisotopic (exact) mass is 454 g/mol. The second-order valence-electron chi connectivity index (χ2n) is 9.09. The van der Waals surface area contributed by atoms with E-state index in [1.165, 1.54) is 24.6 Å². The van der Waals surface area contributed by atoms with Gasteiger partial charge in [-0.05, 0) is 30.4 Å². The van der Waals surface area contributed by atoms with Crippen LogP contribution < -0.4 is 10.6 Å². The van der Waals surface area contributed by atoms with Crippen LogP contribution in [0.4, 0.5) is 18.9 Å². The maximum atomic E-state index is 13.1. The molecule has 2 fully saturated rings. The first kappa shape index (κ1) is 24.5. The molecule has 3 rings (SSSR count). The van der Waals surface area contributed by atoms with Gasteiger partial charge in [0.1, 0.15) is 0 Å². The van der Waals surface area contributed by atoms with Crippen molar-refractivity contribution in [1.29, 1.82) is 0 Å². The number of para-hydroxylation sites is 1. The molecule has 1 saturated carbocycles. The second kappa shape index (κ2) is 10.7. The third-order valence-electron chi connectivity index (χ3n) is 6.76. The lowest BCUT2D eigenvalue weighted by atomic mass is 9.78. The average Bonchev–Trinajstić information content (AvgIpc) is 2.72. The maximum absolute atomic E-state index is 13.1. The van der Waals surface area contributed by atoms with Gasteiger partial charge in [0.05, 0.1) is 24.3 Å². The summed E-state index contributed by atoms with van der Waals surface area (Å²) in [5.74, 6) is 0.650. The molecular weight excluding hydrogens is 421 g/mol. The van der Waals surface area contributed by atoms with Gasteiger partial charge in [-0.25, -0.2) is 0 Å². The quantitative estimate of drug-likeness (QED) is 0.693. The number of halogens is 3. The Morgan fingerprint density at radius 1 is 0.969 bits per heavy atom. The Morgan fingerprint density at radius 3 is 2.19 bits per heavy atom. The van der Waals surface area contributed by atoms with Crippen molar-refractivity contribution < 1.29 is 22.8 Å². The highest BCUT2D eigenvalue weighted by molar-refractivity contribution is 5.93. The molecule has 1 aromatic rings. The minimum Gasteiger partial charge on any atom is -0.352 e. The van der Waals surface area contributed by atoms with Crippen molar-refractivity contribution in [1.82, 2.24) is 15.1 Å². The van der Waals surface area contributed by atoms with Gasteiger partial charge in [-0.3, -0.25) is 19.4 Å². The largest absolute Gasteiger partial charge is 0.418 e. The second-order valence-corrected chi connectivity index (χ2v) is 9.09. The number of amides is 2. The van der Waals surface area contributed by atoms with Gasteiger partial charge in [0.25, 0.3) is 0 Å². The fraction of sp³-hybridized carbons (Fsp3) is 0.652. The first-order valence-corrected chi connectivity index (χ1v) is 11.3. The lowest BCUT2D eigenvalue weighted by molar-refractivity contribution is -0.137.